The molecule has 0 saturated carbocycles. The first-order chi connectivity index (χ1) is 9.01. The standard InChI is InChI=1S/C16H22O3/c1-4-11(2)13-5-7-14(8-6-13)16(9-19-10-16)12(3)15(17)18/h5-8,11-12H,4,9-10H2,1-3H3,(H,17,18). The molecule has 0 amide bonds. The molecular weight excluding hydrogens is 240 g/mol. The first-order valence-electron chi connectivity index (χ1n) is 6.92. The Morgan fingerprint density at radius 1 is 1.32 bits per heavy atom. The van der Waals surface area contributed by atoms with Crippen LogP contribution in [0.25, 0.3) is 0 Å². The number of carbonyl (C=O) groups is 1. The Balaban J connectivity index is 2.27. The molecule has 3 heteroatoms. The normalized spacial score (nSPS) is 20.4. The first-order valence-corrected chi connectivity index (χ1v) is 6.92. The van der Waals surface area contributed by atoms with E-state index in [9.17, 15) is 9.90 Å². The van der Waals surface area contributed by atoms with Gasteiger partial charge in [0.2, 0.25) is 0 Å². The van der Waals surface area contributed by atoms with Crippen LogP contribution >= 0.6 is 0 Å². The van der Waals surface area contributed by atoms with Crippen LogP contribution in [0.2, 0.25) is 0 Å². The van der Waals surface area contributed by atoms with Gasteiger partial charge in [-0.25, -0.2) is 0 Å². The van der Waals surface area contributed by atoms with Crippen molar-refractivity contribution in [1.29, 1.82) is 0 Å². The van der Waals surface area contributed by atoms with Crippen LogP contribution in [0.1, 0.15) is 44.2 Å². The Bertz CT molecular complexity index is 446. The van der Waals surface area contributed by atoms with Gasteiger partial charge < -0.3 is 9.84 Å². The van der Waals surface area contributed by atoms with Gasteiger partial charge in [-0.3, -0.25) is 4.79 Å². The SMILES string of the molecule is CCC(C)c1ccc(C2(C(C)C(=O)O)COC2)cc1. The molecular formula is C16H22O3. The van der Waals surface area contributed by atoms with Crippen LogP contribution in [0.3, 0.4) is 0 Å². The van der Waals surface area contributed by atoms with Crippen molar-refractivity contribution in [1.82, 2.24) is 0 Å². The Hall–Kier alpha value is -1.35. The summed E-state index contributed by atoms with van der Waals surface area (Å²) in [5.74, 6) is -0.635. The van der Waals surface area contributed by atoms with Gasteiger partial charge in [-0.15, -0.1) is 0 Å². The molecule has 0 radical (unpaired) electrons. The van der Waals surface area contributed by atoms with Crippen molar-refractivity contribution in [3.63, 3.8) is 0 Å². The fourth-order valence-corrected chi connectivity index (χ4v) is 2.60. The Morgan fingerprint density at radius 2 is 1.89 bits per heavy atom. The lowest BCUT2D eigenvalue weighted by atomic mass is 9.69. The molecule has 1 aromatic carbocycles. The fraction of sp³-hybridized carbons (Fsp3) is 0.562. The zero-order valence-electron chi connectivity index (χ0n) is 11.8. The summed E-state index contributed by atoms with van der Waals surface area (Å²) < 4.78 is 5.30. The highest BCUT2D eigenvalue weighted by Gasteiger charge is 2.48. The van der Waals surface area contributed by atoms with Crippen molar-refractivity contribution >= 4 is 5.97 Å². The number of rotatable bonds is 5. The number of hydrogen-bond acceptors (Lipinski definition) is 2. The van der Waals surface area contributed by atoms with Crippen molar-refractivity contribution in [3.05, 3.63) is 35.4 Å². The van der Waals surface area contributed by atoms with Crippen LogP contribution in [0.5, 0.6) is 0 Å². The van der Waals surface area contributed by atoms with E-state index in [0.29, 0.717) is 19.1 Å². The number of hydrogen-bond donors (Lipinski definition) is 1. The summed E-state index contributed by atoms with van der Waals surface area (Å²) in [5.41, 5.74) is 2.05. The third kappa shape index (κ3) is 2.39. The van der Waals surface area contributed by atoms with Crippen molar-refractivity contribution < 1.29 is 14.6 Å². The highest BCUT2D eigenvalue weighted by molar-refractivity contribution is 5.72. The van der Waals surface area contributed by atoms with Crippen LogP contribution in [-0.4, -0.2) is 24.3 Å². The van der Waals surface area contributed by atoms with Crippen molar-refractivity contribution in [2.24, 2.45) is 5.92 Å². The summed E-state index contributed by atoms with van der Waals surface area (Å²) in [7, 11) is 0. The van der Waals surface area contributed by atoms with Gasteiger partial charge in [-0.2, -0.15) is 0 Å². The molecule has 0 aromatic heterocycles. The largest absolute Gasteiger partial charge is 0.481 e. The molecule has 2 unspecified atom stereocenters. The second kappa shape index (κ2) is 5.33. The van der Waals surface area contributed by atoms with Crippen LogP contribution in [0, 0.1) is 5.92 Å². The summed E-state index contributed by atoms with van der Waals surface area (Å²) in [6.45, 7) is 7.16. The lowest BCUT2D eigenvalue weighted by Gasteiger charge is -2.44. The van der Waals surface area contributed by atoms with Crippen molar-refractivity contribution in [2.45, 2.75) is 38.5 Å². The van der Waals surface area contributed by atoms with E-state index in [1.165, 1.54) is 5.56 Å². The minimum Gasteiger partial charge on any atom is -0.481 e. The maximum atomic E-state index is 11.3. The highest BCUT2D eigenvalue weighted by atomic mass is 16.5. The quantitative estimate of drug-likeness (QED) is 0.886. The molecule has 2 rings (SSSR count). The van der Waals surface area contributed by atoms with Crippen LogP contribution in [0.4, 0.5) is 0 Å². The number of aliphatic carboxylic acids is 1. The van der Waals surface area contributed by atoms with E-state index in [4.69, 9.17) is 4.74 Å². The maximum Gasteiger partial charge on any atom is 0.307 e. The number of carboxylic acids is 1. The van der Waals surface area contributed by atoms with E-state index in [2.05, 4.69) is 38.1 Å². The smallest absolute Gasteiger partial charge is 0.307 e. The monoisotopic (exact) mass is 262 g/mol. The number of carboxylic acid groups (broad SMARTS) is 1. The molecule has 0 spiro atoms. The predicted octanol–water partition coefficient (Wildman–Crippen LogP) is 3.19. The van der Waals surface area contributed by atoms with Gasteiger partial charge in [0.15, 0.2) is 0 Å². The molecule has 1 heterocycles. The maximum absolute atomic E-state index is 11.3. The molecule has 1 N–H and O–H groups in total. The van der Waals surface area contributed by atoms with Crippen LogP contribution < -0.4 is 0 Å². The Morgan fingerprint density at radius 3 is 2.26 bits per heavy atom. The van der Waals surface area contributed by atoms with E-state index in [1.807, 2.05) is 0 Å². The number of ether oxygens (including phenoxy) is 1. The van der Waals surface area contributed by atoms with Crippen molar-refractivity contribution in [2.75, 3.05) is 13.2 Å². The first kappa shape index (κ1) is 14.1. The summed E-state index contributed by atoms with van der Waals surface area (Å²) in [6.07, 6.45) is 1.11. The minimum atomic E-state index is -0.755. The van der Waals surface area contributed by atoms with Crippen molar-refractivity contribution in [3.8, 4) is 0 Å². The fourth-order valence-electron chi connectivity index (χ4n) is 2.60. The van der Waals surface area contributed by atoms with Crippen LogP contribution in [-0.2, 0) is 14.9 Å². The molecule has 0 aliphatic carbocycles. The van der Waals surface area contributed by atoms with Gasteiger partial charge in [0.1, 0.15) is 0 Å². The third-order valence-electron chi connectivity index (χ3n) is 4.59. The van der Waals surface area contributed by atoms with Gasteiger partial charge in [0, 0.05) is 0 Å². The number of benzene rings is 1. The topological polar surface area (TPSA) is 46.5 Å². The molecule has 1 saturated heterocycles. The van der Waals surface area contributed by atoms with E-state index in [-0.39, 0.29) is 5.41 Å². The highest BCUT2D eigenvalue weighted by Crippen LogP contribution is 2.40. The molecule has 1 fully saturated rings. The molecule has 2 atom stereocenters. The second-order valence-electron chi connectivity index (χ2n) is 5.64. The Labute approximate surface area is 114 Å². The van der Waals surface area contributed by atoms with Gasteiger partial charge in [0.05, 0.1) is 24.5 Å². The summed E-state index contributed by atoms with van der Waals surface area (Å²) in [4.78, 5) is 11.3. The van der Waals surface area contributed by atoms with E-state index >= 15 is 0 Å². The molecule has 19 heavy (non-hydrogen) atoms. The molecule has 1 aliphatic rings. The van der Waals surface area contributed by atoms with E-state index in [0.717, 1.165) is 12.0 Å². The molecule has 104 valence electrons. The molecule has 3 nitrogen and oxygen atoms in total. The summed E-state index contributed by atoms with van der Waals surface area (Å²) >= 11 is 0. The zero-order chi connectivity index (χ0) is 14.0. The summed E-state index contributed by atoms with van der Waals surface area (Å²) in [6, 6.07) is 8.39. The third-order valence-corrected chi connectivity index (χ3v) is 4.59. The minimum absolute atomic E-state index is 0.347. The van der Waals surface area contributed by atoms with Gasteiger partial charge in [-0.05, 0) is 23.5 Å². The average molecular weight is 262 g/mol. The van der Waals surface area contributed by atoms with Gasteiger partial charge in [0.25, 0.3) is 0 Å². The Kier molecular flexibility index (Phi) is 3.95. The lowest BCUT2D eigenvalue weighted by Crippen LogP contribution is -2.53. The van der Waals surface area contributed by atoms with E-state index in [1.54, 1.807) is 6.92 Å². The van der Waals surface area contributed by atoms with Gasteiger partial charge >= 0.3 is 5.97 Å². The molecule has 1 aliphatic heterocycles. The van der Waals surface area contributed by atoms with E-state index < -0.39 is 11.9 Å². The van der Waals surface area contributed by atoms with Gasteiger partial charge in [-0.1, -0.05) is 45.0 Å². The lowest BCUT2D eigenvalue weighted by molar-refractivity contribution is -0.155. The zero-order valence-corrected chi connectivity index (χ0v) is 11.8. The average Bonchev–Trinajstić information content (AvgIpc) is 2.37. The second-order valence-corrected chi connectivity index (χ2v) is 5.64. The molecule has 0 bridgehead atoms. The predicted molar refractivity (Wildman–Crippen MR) is 74.4 cm³/mol. The van der Waals surface area contributed by atoms with Crippen LogP contribution in [0.15, 0.2) is 24.3 Å². The summed E-state index contributed by atoms with van der Waals surface area (Å²) in [5, 5.41) is 9.27. The molecule has 1 aromatic rings.